The Kier molecular flexibility index (Phi) is 4.29. The van der Waals surface area contributed by atoms with Crippen molar-refractivity contribution in [2.75, 3.05) is 0 Å². The number of aromatic nitrogens is 3. The molecule has 7 heteroatoms. The van der Waals surface area contributed by atoms with Gasteiger partial charge in [-0.2, -0.15) is 10.1 Å². The number of aryl methyl sites for hydroxylation is 1. The Balaban J connectivity index is 1.87. The highest BCUT2D eigenvalue weighted by atomic mass is 32.1. The van der Waals surface area contributed by atoms with Crippen LogP contribution in [0.1, 0.15) is 21.6 Å². The molecule has 0 spiro atoms. The predicted octanol–water partition coefficient (Wildman–Crippen LogP) is 1.73. The number of amides is 1. The molecular weight excluding hydrogens is 312 g/mol. The molecule has 0 atom stereocenters. The van der Waals surface area contributed by atoms with Crippen LogP contribution in [0.2, 0.25) is 0 Å². The first-order chi connectivity index (χ1) is 11.1. The maximum atomic E-state index is 12.1. The predicted molar refractivity (Wildman–Crippen MR) is 87.3 cm³/mol. The molecule has 0 saturated carbocycles. The van der Waals surface area contributed by atoms with E-state index in [1.54, 1.807) is 0 Å². The van der Waals surface area contributed by atoms with Crippen LogP contribution in [0.15, 0.2) is 57.8 Å². The van der Waals surface area contributed by atoms with E-state index in [1.165, 1.54) is 29.0 Å². The zero-order chi connectivity index (χ0) is 16.2. The van der Waals surface area contributed by atoms with E-state index in [-0.39, 0.29) is 11.3 Å². The van der Waals surface area contributed by atoms with Gasteiger partial charge in [-0.05, 0) is 18.6 Å². The van der Waals surface area contributed by atoms with Gasteiger partial charge >= 0.3 is 0 Å². The standard InChI is InChI=1S/C16H14N4O2S/c1-11-2-4-12(5-3-11)10-20-8-9-23-16(20)17-15(22)13-6-7-14(21)19-18-13/h2-9H,10H2,1H3,(H,19,21). The average molecular weight is 326 g/mol. The van der Waals surface area contributed by atoms with Gasteiger partial charge in [-0.1, -0.05) is 29.8 Å². The number of hydrogen-bond acceptors (Lipinski definition) is 4. The molecule has 0 aliphatic rings. The first-order valence-electron chi connectivity index (χ1n) is 6.96. The molecule has 116 valence electrons. The molecule has 1 N–H and O–H groups in total. The zero-order valence-electron chi connectivity index (χ0n) is 12.4. The first-order valence-corrected chi connectivity index (χ1v) is 7.84. The molecular formula is C16H14N4O2S. The van der Waals surface area contributed by atoms with Gasteiger partial charge in [0.2, 0.25) is 0 Å². The van der Waals surface area contributed by atoms with Crippen molar-refractivity contribution in [1.29, 1.82) is 0 Å². The summed E-state index contributed by atoms with van der Waals surface area (Å²) in [6.45, 7) is 2.67. The molecule has 0 bridgehead atoms. The normalized spacial score (nSPS) is 11.6. The molecule has 23 heavy (non-hydrogen) atoms. The summed E-state index contributed by atoms with van der Waals surface area (Å²) in [4.78, 5) is 27.8. The second-order valence-corrected chi connectivity index (χ2v) is 5.90. The van der Waals surface area contributed by atoms with Crippen molar-refractivity contribution in [3.05, 3.63) is 80.0 Å². The van der Waals surface area contributed by atoms with Crippen LogP contribution in [0.4, 0.5) is 0 Å². The number of H-pyrrole nitrogens is 1. The molecule has 6 nitrogen and oxygen atoms in total. The van der Waals surface area contributed by atoms with E-state index in [0.717, 1.165) is 5.56 Å². The van der Waals surface area contributed by atoms with Crippen molar-refractivity contribution in [2.45, 2.75) is 13.5 Å². The lowest BCUT2D eigenvalue weighted by Gasteiger charge is -2.03. The fourth-order valence-electron chi connectivity index (χ4n) is 2.01. The molecule has 0 unspecified atom stereocenters. The second-order valence-electron chi connectivity index (χ2n) is 5.02. The Labute approximate surface area is 135 Å². The largest absolute Gasteiger partial charge is 0.319 e. The molecule has 3 aromatic rings. The van der Waals surface area contributed by atoms with Crippen molar-refractivity contribution < 1.29 is 4.79 Å². The van der Waals surface area contributed by atoms with E-state index in [9.17, 15) is 9.59 Å². The number of carbonyl (C=O) groups is 1. The summed E-state index contributed by atoms with van der Waals surface area (Å²) >= 11 is 1.37. The van der Waals surface area contributed by atoms with Crippen LogP contribution in [0.5, 0.6) is 0 Å². The molecule has 0 fully saturated rings. The summed E-state index contributed by atoms with van der Waals surface area (Å²) in [5.74, 6) is -0.485. The van der Waals surface area contributed by atoms with Crippen LogP contribution in [0, 0.1) is 6.92 Å². The van der Waals surface area contributed by atoms with E-state index in [4.69, 9.17) is 0 Å². The number of aromatic amines is 1. The minimum Gasteiger partial charge on any atom is -0.319 e. The van der Waals surface area contributed by atoms with Gasteiger partial charge in [-0.3, -0.25) is 9.59 Å². The molecule has 3 rings (SSSR count). The highest BCUT2D eigenvalue weighted by Crippen LogP contribution is 2.05. The maximum Gasteiger partial charge on any atom is 0.300 e. The summed E-state index contributed by atoms with van der Waals surface area (Å²) < 4.78 is 1.90. The number of hydrogen-bond donors (Lipinski definition) is 1. The Morgan fingerprint density at radius 1 is 1.26 bits per heavy atom. The summed E-state index contributed by atoms with van der Waals surface area (Å²) in [7, 11) is 0. The Bertz CT molecular complexity index is 930. The van der Waals surface area contributed by atoms with Gasteiger partial charge in [0.15, 0.2) is 10.5 Å². The smallest absolute Gasteiger partial charge is 0.300 e. The molecule has 2 aromatic heterocycles. The Morgan fingerprint density at radius 2 is 2.04 bits per heavy atom. The minimum atomic E-state index is -0.485. The van der Waals surface area contributed by atoms with Crippen molar-refractivity contribution >= 4 is 17.2 Å². The third-order valence-corrected chi connectivity index (χ3v) is 4.02. The van der Waals surface area contributed by atoms with Crippen molar-refractivity contribution in [3.8, 4) is 0 Å². The van der Waals surface area contributed by atoms with Gasteiger partial charge in [0.05, 0.1) is 0 Å². The fourth-order valence-corrected chi connectivity index (χ4v) is 2.73. The Hall–Kier alpha value is -2.80. The van der Waals surface area contributed by atoms with Crippen molar-refractivity contribution in [1.82, 2.24) is 14.8 Å². The van der Waals surface area contributed by atoms with E-state index >= 15 is 0 Å². The molecule has 0 radical (unpaired) electrons. The molecule has 0 aliphatic heterocycles. The summed E-state index contributed by atoms with van der Waals surface area (Å²) in [5, 5.41) is 7.80. The molecule has 0 aliphatic carbocycles. The third-order valence-electron chi connectivity index (χ3n) is 3.23. The van der Waals surface area contributed by atoms with Gasteiger partial charge < -0.3 is 4.57 Å². The molecule has 0 saturated heterocycles. The second kappa shape index (κ2) is 6.53. The molecule has 1 aromatic carbocycles. The monoisotopic (exact) mass is 326 g/mol. The summed E-state index contributed by atoms with van der Waals surface area (Å²) in [6, 6.07) is 10.8. The average Bonchev–Trinajstić information content (AvgIpc) is 2.97. The third kappa shape index (κ3) is 3.70. The summed E-state index contributed by atoms with van der Waals surface area (Å²) in [5.41, 5.74) is 2.09. The highest BCUT2D eigenvalue weighted by Gasteiger charge is 2.07. The van der Waals surface area contributed by atoms with Crippen LogP contribution in [0.3, 0.4) is 0 Å². The Morgan fingerprint density at radius 3 is 2.74 bits per heavy atom. The molecule has 1 amide bonds. The number of rotatable bonds is 3. The van der Waals surface area contributed by atoms with Crippen LogP contribution < -0.4 is 10.4 Å². The number of nitrogens with one attached hydrogen (secondary N) is 1. The van der Waals surface area contributed by atoms with Crippen LogP contribution in [-0.4, -0.2) is 20.7 Å². The maximum absolute atomic E-state index is 12.1. The van der Waals surface area contributed by atoms with Gasteiger partial charge in [0.1, 0.15) is 0 Å². The lowest BCUT2D eigenvalue weighted by molar-refractivity contribution is 0.0992. The lowest BCUT2D eigenvalue weighted by atomic mass is 10.1. The van der Waals surface area contributed by atoms with Crippen LogP contribution >= 0.6 is 11.3 Å². The van der Waals surface area contributed by atoms with Gasteiger partial charge in [0.25, 0.3) is 11.5 Å². The topological polar surface area (TPSA) is 80.1 Å². The zero-order valence-corrected chi connectivity index (χ0v) is 13.2. The van der Waals surface area contributed by atoms with E-state index in [2.05, 4.69) is 39.5 Å². The van der Waals surface area contributed by atoms with Crippen LogP contribution in [0.25, 0.3) is 0 Å². The summed E-state index contributed by atoms with van der Waals surface area (Å²) in [6.07, 6.45) is 1.89. The van der Waals surface area contributed by atoms with Crippen molar-refractivity contribution in [2.24, 2.45) is 4.99 Å². The molecule has 2 heterocycles. The fraction of sp³-hybridized carbons (Fsp3) is 0.125. The first kappa shape index (κ1) is 15.1. The highest BCUT2D eigenvalue weighted by molar-refractivity contribution is 7.07. The quantitative estimate of drug-likeness (QED) is 0.796. The number of benzene rings is 1. The van der Waals surface area contributed by atoms with Gasteiger partial charge in [-0.15, -0.1) is 11.3 Å². The minimum absolute atomic E-state index is 0.111. The number of thiazole rings is 1. The van der Waals surface area contributed by atoms with Gasteiger partial charge in [0, 0.05) is 24.2 Å². The van der Waals surface area contributed by atoms with Crippen LogP contribution in [-0.2, 0) is 6.54 Å². The van der Waals surface area contributed by atoms with E-state index in [1.807, 2.05) is 23.1 Å². The number of carbonyl (C=O) groups excluding carboxylic acids is 1. The van der Waals surface area contributed by atoms with E-state index in [0.29, 0.717) is 11.3 Å². The van der Waals surface area contributed by atoms with E-state index < -0.39 is 5.91 Å². The number of nitrogens with zero attached hydrogens (tertiary/aromatic N) is 3. The van der Waals surface area contributed by atoms with Gasteiger partial charge in [-0.25, -0.2) is 5.10 Å². The van der Waals surface area contributed by atoms with Crippen molar-refractivity contribution in [3.63, 3.8) is 0 Å². The SMILES string of the molecule is Cc1ccc(Cn2ccsc2=NC(=O)c2ccc(=O)[nH]n2)cc1. The lowest BCUT2D eigenvalue weighted by Crippen LogP contribution is -2.18.